The molecule has 0 aliphatic carbocycles. The normalized spacial score (nSPS) is 18.6. The molecule has 0 spiro atoms. The Morgan fingerprint density at radius 1 is 1.10 bits per heavy atom. The Hall–Kier alpha value is -2.78. The van der Waals surface area contributed by atoms with Gasteiger partial charge in [-0.1, -0.05) is 56.1 Å². The van der Waals surface area contributed by atoms with Gasteiger partial charge < -0.3 is 0 Å². The van der Waals surface area contributed by atoms with Crippen molar-refractivity contribution < 1.29 is 0 Å². The summed E-state index contributed by atoms with van der Waals surface area (Å²) >= 11 is 8.02. The van der Waals surface area contributed by atoms with Crippen LogP contribution in [0.25, 0.3) is 11.6 Å². The zero-order chi connectivity index (χ0) is 21.4. The van der Waals surface area contributed by atoms with Crippen LogP contribution >= 0.6 is 43.2 Å². The standard InChI is InChI=1S/C22H12Br2N4OS/c23-14-5-1-3-12(7-14)8-18-21(29)28-20(27)16(10-25)19(17(11-26)22(28)30-18)13-4-2-6-15(24)9-13/h1-9,16,19,27H. The lowest BCUT2D eigenvalue weighted by molar-refractivity contribution is 0.711. The number of nitrogens with zero attached hydrogens (tertiary/aromatic N) is 3. The summed E-state index contributed by atoms with van der Waals surface area (Å²) in [4.78, 5) is 13.1. The average Bonchev–Trinajstić information content (AvgIpc) is 3.04. The molecule has 1 aromatic heterocycles. The highest BCUT2D eigenvalue weighted by molar-refractivity contribution is 9.10. The van der Waals surface area contributed by atoms with Crippen molar-refractivity contribution in [3.05, 3.63) is 88.2 Å². The SMILES string of the molecule is N#CC1=c2sc(=Cc3cccc(Br)c3)c(=O)n2C(=N)C(C#N)C1c1cccc(Br)c1. The average molecular weight is 540 g/mol. The lowest BCUT2D eigenvalue weighted by Crippen LogP contribution is -2.45. The van der Waals surface area contributed by atoms with Crippen LogP contribution < -0.4 is 14.8 Å². The van der Waals surface area contributed by atoms with E-state index in [1.165, 1.54) is 15.9 Å². The first-order valence-corrected chi connectivity index (χ1v) is 11.2. The van der Waals surface area contributed by atoms with Crippen LogP contribution in [0.15, 0.2) is 62.3 Å². The first-order valence-electron chi connectivity index (χ1n) is 8.82. The molecule has 4 rings (SSSR count). The van der Waals surface area contributed by atoms with Crippen molar-refractivity contribution in [1.29, 1.82) is 15.9 Å². The number of benzene rings is 2. The molecular formula is C22H12Br2N4OS. The number of aromatic nitrogens is 1. The van der Waals surface area contributed by atoms with Crippen molar-refractivity contribution in [2.45, 2.75) is 5.92 Å². The van der Waals surface area contributed by atoms with Crippen molar-refractivity contribution >= 4 is 60.7 Å². The van der Waals surface area contributed by atoms with Gasteiger partial charge >= 0.3 is 0 Å². The van der Waals surface area contributed by atoms with Crippen LogP contribution in [0.5, 0.6) is 0 Å². The molecule has 146 valence electrons. The molecule has 2 heterocycles. The van der Waals surface area contributed by atoms with Gasteiger partial charge in [0.05, 0.1) is 22.2 Å². The molecule has 5 nitrogen and oxygen atoms in total. The third-order valence-corrected chi connectivity index (χ3v) is 6.94. The van der Waals surface area contributed by atoms with Gasteiger partial charge in [-0.2, -0.15) is 10.5 Å². The lowest BCUT2D eigenvalue weighted by atomic mass is 9.79. The molecule has 0 saturated carbocycles. The van der Waals surface area contributed by atoms with Crippen LogP contribution in [0, 0.1) is 34.0 Å². The fourth-order valence-corrected chi connectivity index (χ4v) is 5.51. The number of nitriles is 2. The number of fused-ring (bicyclic) bond motifs is 1. The number of thiazole rings is 1. The number of hydrogen-bond acceptors (Lipinski definition) is 5. The molecule has 1 N–H and O–H groups in total. The summed E-state index contributed by atoms with van der Waals surface area (Å²) in [6.07, 6.45) is 1.74. The maximum Gasteiger partial charge on any atom is 0.274 e. The quantitative estimate of drug-likeness (QED) is 0.538. The first-order chi connectivity index (χ1) is 14.4. The van der Waals surface area contributed by atoms with Gasteiger partial charge in [0.25, 0.3) is 5.56 Å². The zero-order valence-corrected chi connectivity index (χ0v) is 19.3. The van der Waals surface area contributed by atoms with Crippen LogP contribution in [0.1, 0.15) is 17.0 Å². The van der Waals surface area contributed by atoms with E-state index in [1.54, 1.807) is 6.08 Å². The lowest BCUT2D eigenvalue weighted by Gasteiger charge is -2.26. The summed E-state index contributed by atoms with van der Waals surface area (Å²) in [6.45, 7) is 0. The van der Waals surface area contributed by atoms with E-state index in [2.05, 4.69) is 44.0 Å². The van der Waals surface area contributed by atoms with Gasteiger partial charge in [-0.05, 0) is 41.5 Å². The van der Waals surface area contributed by atoms with Gasteiger partial charge in [0.15, 0.2) is 0 Å². The molecule has 2 aromatic carbocycles. The van der Waals surface area contributed by atoms with E-state index >= 15 is 0 Å². The molecule has 0 radical (unpaired) electrons. The predicted molar refractivity (Wildman–Crippen MR) is 124 cm³/mol. The van der Waals surface area contributed by atoms with E-state index < -0.39 is 11.8 Å². The molecule has 0 amide bonds. The minimum Gasteiger partial charge on any atom is -0.287 e. The minimum atomic E-state index is -0.938. The Morgan fingerprint density at radius 3 is 2.43 bits per heavy atom. The van der Waals surface area contributed by atoms with Gasteiger partial charge in [-0.3, -0.25) is 14.8 Å². The summed E-state index contributed by atoms with van der Waals surface area (Å²) in [6, 6.07) is 19.2. The number of halogens is 2. The number of hydrogen-bond donors (Lipinski definition) is 1. The molecule has 2 atom stereocenters. The van der Waals surface area contributed by atoms with E-state index in [4.69, 9.17) is 5.41 Å². The Kier molecular flexibility index (Phi) is 5.57. The highest BCUT2D eigenvalue weighted by atomic mass is 79.9. The van der Waals surface area contributed by atoms with Gasteiger partial charge in [-0.15, -0.1) is 11.3 Å². The Morgan fingerprint density at radius 2 is 1.80 bits per heavy atom. The first kappa shape index (κ1) is 20.5. The molecule has 3 aromatic rings. The Bertz CT molecular complexity index is 1460. The molecule has 0 saturated heterocycles. The van der Waals surface area contributed by atoms with Crippen LogP contribution in [-0.2, 0) is 0 Å². The molecule has 2 unspecified atom stereocenters. The van der Waals surface area contributed by atoms with Crippen molar-refractivity contribution in [2.24, 2.45) is 5.92 Å². The fourth-order valence-electron chi connectivity index (χ4n) is 3.54. The fraction of sp³-hybridized carbons (Fsp3) is 0.0909. The van der Waals surface area contributed by atoms with E-state index in [0.717, 1.165) is 20.1 Å². The van der Waals surface area contributed by atoms with Gasteiger partial charge in [-0.25, -0.2) is 0 Å². The summed E-state index contributed by atoms with van der Waals surface area (Å²) in [7, 11) is 0. The monoisotopic (exact) mass is 538 g/mol. The van der Waals surface area contributed by atoms with Crippen molar-refractivity contribution in [2.75, 3.05) is 0 Å². The van der Waals surface area contributed by atoms with E-state index in [-0.39, 0.29) is 11.4 Å². The molecule has 1 aliphatic heterocycles. The highest BCUT2D eigenvalue weighted by Gasteiger charge is 2.38. The Balaban J connectivity index is 2.04. The van der Waals surface area contributed by atoms with Gasteiger partial charge in [0, 0.05) is 14.9 Å². The maximum atomic E-state index is 13.1. The topological polar surface area (TPSA) is 93.4 Å². The predicted octanol–water partition coefficient (Wildman–Crippen LogP) is 3.70. The van der Waals surface area contributed by atoms with Crippen molar-refractivity contribution in [3.63, 3.8) is 0 Å². The van der Waals surface area contributed by atoms with Crippen molar-refractivity contribution in [3.8, 4) is 12.1 Å². The summed E-state index contributed by atoms with van der Waals surface area (Å²) < 4.78 is 3.72. The number of rotatable bonds is 2. The third-order valence-electron chi connectivity index (χ3n) is 4.85. The summed E-state index contributed by atoms with van der Waals surface area (Å²) in [5.41, 5.74) is 1.51. The van der Waals surface area contributed by atoms with Crippen molar-refractivity contribution in [1.82, 2.24) is 4.57 Å². The molecule has 1 aliphatic rings. The second kappa shape index (κ2) is 8.16. The van der Waals surface area contributed by atoms with Crippen LogP contribution in [-0.4, -0.2) is 10.4 Å². The van der Waals surface area contributed by atoms with Crippen LogP contribution in [0.3, 0.4) is 0 Å². The van der Waals surface area contributed by atoms with E-state index in [1.807, 2.05) is 48.5 Å². The summed E-state index contributed by atoms with van der Waals surface area (Å²) in [5.74, 6) is -1.65. The smallest absolute Gasteiger partial charge is 0.274 e. The van der Waals surface area contributed by atoms with E-state index in [9.17, 15) is 15.3 Å². The second-order valence-corrected chi connectivity index (χ2v) is 9.52. The molecular weight excluding hydrogens is 528 g/mol. The molecule has 8 heteroatoms. The minimum absolute atomic E-state index is 0.105. The molecule has 30 heavy (non-hydrogen) atoms. The second-order valence-electron chi connectivity index (χ2n) is 6.66. The third kappa shape index (κ3) is 3.48. The Labute approximate surface area is 192 Å². The summed E-state index contributed by atoms with van der Waals surface area (Å²) in [5, 5.41) is 28.4. The molecule has 0 bridgehead atoms. The number of nitrogens with one attached hydrogen (secondary N) is 1. The molecule has 0 fully saturated rings. The maximum absolute atomic E-state index is 13.1. The van der Waals surface area contributed by atoms with E-state index in [0.29, 0.717) is 14.8 Å². The van der Waals surface area contributed by atoms with Crippen LogP contribution in [0.2, 0.25) is 0 Å². The van der Waals surface area contributed by atoms with Gasteiger partial charge in [0.1, 0.15) is 16.4 Å². The van der Waals surface area contributed by atoms with Gasteiger partial charge in [0.2, 0.25) is 0 Å². The zero-order valence-electron chi connectivity index (χ0n) is 15.3. The largest absolute Gasteiger partial charge is 0.287 e. The highest BCUT2D eigenvalue weighted by Crippen LogP contribution is 2.35. The van der Waals surface area contributed by atoms with Crippen LogP contribution in [0.4, 0.5) is 0 Å².